The third kappa shape index (κ3) is 3.18. The summed E-state index contributed by atoms with van der Waals surface area (Å²) in [6.07, 6.45) is -0.198. The summed E-state index contributed by atoms with van der Waals surface area (Å²) < 4.78 is 9.29. The number of esters is 2. The Morgan fingerprint density at radius 3 is 2.65 bits per heavy atom. The van der Waals surface area contributed by atoms with Crippen molar-refractivity contribution in [2.45, 2.75) is 6.42 Å². The molecule has 6 heteroatoms. The summed E-state index contributed by atoms with van der Waals surface area (Å²) in [7, 11) is 1.15. The van der Waals surface area contributed by atoms with Gasteiger partial charge in [0, 0.05) is 0 Å². The van der Waals surface area contributed by atoms with Crippen molar-refractivity contribution in [3.63, 3.8) is 0 Å². The summed E-state index contributed by atoms with van der Waals surface area (Å²) in [5.74, 6) is -1.96. The van der Waals surface area contributed by atoms with E-state index in [2.05, 4.69) is 4.74 Å². The minimum absolute atomic E-state index is 0.102. The molecule has 0 heterocycles. The minimum Gasteiger partial charge on any atom is -0.507 e. The van der Waals surface area contributed by atoms with Crippen molar-refractivity contribution >= 4 is 11.9 Å². The van der Waals surface area contributed by atoms with Gasteiger partial charge in [-0.2, -0.15) is 0 Å². The largest absolute Gasteiger partial charge is 0.507 e. The Balaban J connectivity index is 3.02. The molecule has 0 aliphatic heterocycles. The average molecular weight is 240 g/mol. The lowest BCUT2D eigenvalue weighted by Crippen LogP contribution is -2.13. The normalized spacial score (nSPS) is 9.76. The maximum absolute atomic E-state index is 11.4. The monoisotopic (exact) mass is 240 g/mol. The van der Waals surface area contributed by atoms with Gasteiger partial charge in [-0.15, -0.1) is 0 Å². The molecule has 1 aromatic carbocycles. The molecule has 0 aliphatic rings. The lowest BCUT2D eigenvalue weighted by molar-refractivity contribution is -0.135. The van der Waals surface area contributed by atoms with Crippen molar-refractivity contribution in [3.05, 3.63) is 23.8 Å². The fourth-order valence-corrected chi connectivity index (χ4v) is 1.18. The van der Waals surface area contributed by atoms with Gasteiger partial charge in [-0.1, -0.05) is 6.07 Å². The molecule has 0 spiro atoms. The van der Waals surface area contributed by atoms with Crippen LogP contribution in [0.3, 0.4) is 0 Å². The van der Waals surface area contributed by atoms with Crippen LogP contribution in [0.4, 0.5) is 0 Å². The number of phenolic OH excluding ortho intramolecular Hbond substituents is 1. The van der Waals surface area contributed by atoms with Crippen LogP contribution in [-0.4, -0.2) is 35.9 Å². The fourth-order valence-electron chi connectivity index (χ4n) is 1.18. The third-order valence-corrected chi connectivity index (χ3v) is 1.93. The van der Waals surface area contributed by atoms with Crippen LogP contribution in [0.25, 0.3) is 0 Å². The van der Waals surface area contributed by atoms with E-state index >= 15 is 0 Å². The topological polar surface area (TPSA) is 93.1 Å². The van der Waals surface area contributed by atoms with Crippen molar-refractivity contribution in [1.29, 1.82) is 0 Å². The van der Waals surface area contributed by atoms with Gasteiger partial charge in [0.05, 0.1) is 20.1 Å². The summed E-state index contributed by atoms with van der Waals surface area (Å²) in [5.41, 5.74) is -0.221. The van der Waals surface area contributed by atoms with Gasteiger partial charge in [-0.3, -0.25) is 4.79 Å². The second-order valence-corrected chi connectivity index (χ2v) is 3.09. The third-order valence-electron chi connectivity index (χ3n) is 1.93. The molecular weight excluding hydrogens is 228 g/mol. The molecule has 6 nitrogen and oxygen atoms in total. The zero-order valence-electron chi connectivity index (χ0n) is 9.17. The quantitative estimate of drug-likeness (QED) is 0.587. The summed E-state index contributed by atoms with van der Waals surface area (Å²) >= 11 is 0. The Kier molecular flexibility index (Phi) is 4.47. The molecule has 0 aromatic heterocycles. The van der Waals surface area contributed by atoms with E-state index in [4.69, 9.17) is 9.84 Å². The highest BCUT2D eigenvalue weighted by Crippen LogP contribution is 2.28. The number of methoxy groups -OCH3 is 1. The van der Waals surface area contributed by atoms with Gasteiger partial charge < -0.3 is 19.7 Å². The first-order valence-corrected chi connectivity index (χ1v) is 4.82. The molecule has 0 saturated heterocycles. The molecule has 0 bridgehead atoms. The second-order valence-electron chi connectivity index (χ2n) is 3.09. The molecule has 0 atom stereocenters. The van der Waals surface area contributed by atoms with E-state index in [1.165, 1.54) is 18.2 Å². The van der Waals surface area contributed by atoms with E-state index in [9.17, 15) is 14.7 Å². The first-order chi connectivity index (χ1) is 8.10. The molecule has 0 aliphatic carbocycles. The smallest absolute Gasteiger partial charge is 0.345 e. The minimum atomic E-state index is -0.810. The summed E-state index contributed by atoms with van der Waals surface area (Å²) in [5, 5.41) is 18.0. The first kappa shape index (κ1) is 13.0. The van der Waals surface area contributed by atoms with Gasteiger partial charge in [0.2, 0.25) is 0 Å². The van der Waals surface area contributed by atoms with Crippen LogP contribution in [0.5, 0.6) is 11.5 Å². The predicted molar refractivity (Wildman–Crippen MR) is 56.8 cm³/mol. The Morgan fingerprint density at radius 1 is 1.35 bits per heavy atom. The lowest BCUT2D eigenvalue weighted by Gasteiger charge is -2.09. The molecule has 0 fully saturated rings. The Morgan fingerprint density at radius 2 is 2.06 bits per heavy atom. The first-order valence-electron chi connectivity index (χ1n) is 4.82. The molecular formula is C11H12O6. The number of ether oxygens (including phenoxy) is 2. The van der Waals surface area contributed by atoms with Crippen LogP contribution < -0.4 is 4.74 Å². The van der Waals surface area contributed by atoms with E-state index in [0.717, 1.165) is 7.11 Å². The number of hydrogen-bond acceptors (Lipinski definition) is 6. The molecule has 92 valence electrons. The zero-order valence-corrected chi connectivity index (χ0v) is 9.17. The molecule has 1 rings (SSSR count). The van der Waals surface area contributed by atoms with Gasteiger partial charge in [0.15, 0.2) is 0 Å². The molecule has 0 unspecified atom stereocenters. The molecule has 0 amide bonds. The van der Waals surface area contributed by atoms with E-state index in [0.29, 0.717) is 0 Å². The van der Waals surface area contributed by atoms with E-state index in [1.54, 1.807) is 0 Å². The maximum Gasteiger partial charge on any atom is 0.345 e. The second kappa shape index (κ2) is 5.86. The summed E-state index contributed by atoms with van der Waals surface area (Å²) in [6, 6.07) is 4.04. The molecule has 0 radical (unpaired) electrons. The van der Waals surface area contributed by atoms with Gasteiger partial charge in [0.25, 0.3) is 0 Å². The van der Waals surface area contributed by atoms with Crippen LogP contribution in [0.15, 0.2) is 18.2 Å². The highest BCUT2D eigenvalue weighted by Gasteiger charge is 2.19. The number of phenols is 1. The maximum atomic E-state index is 11.4. The van der Waals surface area contributed by atoms with Crippen LogP contribution >= 0.6 is 0 Å². The van der Waals surface area contributed by atoms with Crippen LogP contribution in [0, 0.1) is 0 Å². The molecule has 17 heavy (non-hydrogen) atoms. The summed E-state index contributed by atoms with van der Waals surface area (Å²) in [6.45, 7) is -0.356. The van der Waals surface area contributed by atoms with Crippen molar-refractivity contribution in [2.75, 3.05) is 13.7 Å². The van der Waals surface area contributed by atoms with Crippen molar-refractivity contribution in [1.82, 2.24) is 0 Å². The highest BCUT2D eigenvalue weighted by molar-refractivity contribution is 5.96. The van der Waals surface area contributed by atoms with Crippen molar-refractivity contribution < 1.29 is 29.3 Å². The van der Waals surface area contributed by atoms with E-state index in [-0.39, 0.29) is 30.1 Å². The standard InChI is InChI=1S/C11H12O6/c1-16-11(15)10-7(13)3-2-4-8(10)17-9(14)5-6-12/h2-4,12-13H,5-6H2,1H3. The highest BCUT2D eigenvalue weighted by atomic mass is 16.5. The Bertz CT molecular complexity index is 426. The Labute approximate surface area is 97.4 Å². The van der Waals surface area contributed by atoms with E-state index in [1.807, 2.05) is 0 Å². The van der Waals surface area contributed by atoms with Gasteiger partial charge >= 0.3 is 11.9 Å². The number of aromatic hydroxyl groups is 1. The number of carbonyl (C=O) groups is 2. The molecule has 1 aromatic rings. The Hall–Kier alpha value is -2.08. The SMILES string of the molecule is COC(=O)c1c(O)cccc1OC(=O)CCO. The van der Waals surface area contributed by atoms with E-state index < -0.39 is 11.9 Å². The number of rotatable bonds is 4. The number of benzene rings is 1. The molecule has 0 saturated carbocycles. The number of aliphatic hydroxyl groups excluding tert-OH is 1. The number of aliphatic hydroxyl groups is 1. The zero-order chi connectivity index (χ0) is 12.8. The lowest BCUT2D eigenvalue weighted by atomic mass is 10.2. The molecule has 2 N–H and O–H groups in total. The number of carbonyl (C=O) groups excluding carboxylic acids is 2. The van der Waals surface area contributed by atoms with Crippen molar-refractivity contribution in [2.24, 2.45) is 0 Å². The van der Waals surface area contributed by atoms with Crippen LogP contribution in [0.2, 0.25) is 0 Å². The van der Waals surface area contributed by atoms with Crippen molar-refractivity contribution in [3.8, 4) is 11.5 Å². The van der Waals surface area contributed by atoms with Crippen LogP contribution in [-0.2, 0) is 9.53 Å². The number of hydrogen-bond donors (Lipinski definition) is 2. The summed E-state index contributed by atoms with van der Waals surface area (Å²) in [4.78, 5) is 22.5. The predicted octanol–water partition coefficient (Wildman–Crippen LogP) is 0.467. The average Bonchev–Trinajstić information content (AvgIpc) is 2.28. The fraction of sp³-hybridized carbons (Fsp3) is 0.273. The van der Waals surface area contributed by atoms with Crippen LogP contribution in [0.1, 0.15) is 16.8 Å². The van der Waals surface area contributed by atoms with Gasteiger partial charge in [0.1, 0.15) is 17.1 Å². The van der Waals surface area contributed by atoms with Gasteiger partial charge in [-0.05, 0) is 12.1 Å². The van der Waals surface area contributed by atoms with Gasteiger partial charge in [-0.25, -0.2) is 4.79 Å².